The number of alkyl halides is 3. The van der Waals surface area contributed by atoms with E-state index < -0.39 is 17.8 Å². The summed E-state index contributed by atoms with van der Waals surface area (Å²) in [6, 6.07) is 7.53. The van der Waals surface area contributed by atoms with Crippen molar-refractivity contribution in [2.75, 3.05) is 36.4 Å². The summed E-state index contributed by atoms with van der Waals surface area (Å²) in [6.45, 7) is 4.02. The molecule has 0 unspecified atom stereocenters. The van der Waals surface area contributed by atoms with Crippen molar-refractivity contribution in [1.29, 1.82) is 0 Å². The molecule has 1 aliphatic rings. The van der Waals surface area contributed by atoms with Crippen LogP contribution < -0.4 is 10.2 Å². The molecule has 1 aliphatic heterocycles. The van der Waals surface area contributed by atoms with E-state index in [1.165, 1.54) is 30.3 Å². The van der Waals surface area contributed by atoms with E-state index in [2.05, 4.69) is 10.3 Å². The van der Waals surface area contributed by atoms with Crippen LogP contribution in [0.5, 0.6) is 0 Å². The van der Waals surface area contributed by atoms with E-state index in [0.717, 1.165) is 12.3 Å². The normalized spacial score (nSPS) is 16.7. The van der Waals surface area contributed by atoms with Gasteiger partial charge in [0, 0.05) is 38.1 Å². The first-order valence-corrected chi connectivity index (χ1v) is 8.83. The maximum atomic E-state index is 12.9. The van der Waals surface area contributed by atoms with Crippen LogP contribution in [0.2, 0.25) is 0 Å². The maximum Gasteiger partial charge on any atom is 0.417 e. The summed E-state index contributed by atoms with van der Waals surface area (Å²) >= 11 is 0. The number of aromatic nitrogens is 1. The molecule has 1 aromatic heterocycles. The molecule has 3 rings (SSSR count). The van der Waals surface area contributed by atoms with E-state index in [1.54, 1.807) is 6.92 Å². The quantitative estimate of drug-likeness (QED) is 0.805. The lowest BCUT2D eigenvalue weighted by Gasteiger charge is -2.38. The number of carbonyl (C=O) groups is 1. The topological polar surface area (TPSA) is 48.5 Å². The highest BCUT2D eigenvalue weighted by Crippen LogP contribution is 2.29. The fraction of sp³-hybridized carbons (Fsp3) is 0.368. The van der Waals surface area contributed by atoms with E-state index in [9.17, 15) is 22.4 Å². The third kappa shape index (κ3) is 4.78. The number of hydrogen-bond donors (Lipinski definition) is 1. The van der Waals surface area contributed by atoms with Crippen molar-refractivity contribution in [2.45, 2.75) is 19.1 Å². The SMILES string of the molecule is C[C@@H](C(=O)Nc1ccc(F)cc1)N1CCN(c2ccc(C(F)(F)F)cn2)CC1. The molecule has 1 saturated heterocycles. The zero-order valence-corrected chi connectivity index (χ0v) is 15.2. The number of piperazine rings is 1. The molecule has 150 valence electrons. The molecule has 28 heavy (non-hydrogen) atoms. The van der Waals surface area contributed by atoms with Gasteiger partial charge >= 0.3 is 6.18 Å². The minimum Gasteiger partial charge on any atom is -0.354 e. The lowest BCUT2D eigenvalue weighted by molar-refractivity contribution is -0.137. The van der Waals surface area contributed by atoms with Crippen LogP contribution >= 0.6 is 0 Å². The highest BCUT2D eigenvalue weighted by Gasteiger charge is 2.31. The Morgan fingerprint density at radius 1 is 1.07 bits per heavy atom. The van der Waals surface area contributed by atoms with E-state index >= 15 is 0 Å². The molecule has 0 saturated carbocycles. The zero-order valence-electron chi connectivity index (χ0n) is 15.2. The fourth-order valence-electron chi connectivity index (χ4n) is 3.02. The first kappa shape index (κ1) is 20.1. The van der Waals surface area contributed by atoms with Crippen LogP contribution in [0.15, 0.2) is 42.6 Å². The first-order chi connectivity index (χ1) is 13.2. The van der Waals surface area contributed by atoms with Gasteiger partial charge in [-0.1, -0.05) is 0 Å². The molecule has 1 atom stereocenters. The van der Waals surface area contributed by atoms with Crippen molar-refractivity contribution in [3.63, 3.8) is 0 Å². The number of carbonyl (C=O) groups excluding carboxylic acids is 1. The van der Waals surface area contributed by atoms with Gasteiger partial charge in [0.2, 0.25) is 5.91 Å². The van der Waals surface area contributed by atoms with Gasteiger partial charge in [-0.05, 0) is 43.3 Å². The molecule has 2 aromatic rings. The van der Waals surface area contributed by atoms with Crippen molar-refractivity contribution in [1.82, 2.24) is 9.88 Å². The van der Waals surface area contributed by atoms with E-state index in [-0.39, 0.29) is 11.7 Å². The van der Waals surface area contributed by atoms with Gasteiger partial charge in [0.15, 0.2) is 0 Å². The molecule has 1 fully saturated rings. The molecular formula is C19H20F4N4O. The van der Waals surface area contributed by atoms with Crippen LogP contribution in [-0.2, 0) is 11.0 Å². The van der Waals surface area contributed by atoms with Crippen LogP contribution in [0.4, 0.5) is 29.1 Å². The lowest BCUT2D eigenvalue weighted by atomic mass is 10.2. The fourth-order valence-corrected chi connectivity index (χ4v) is 3.02. The number of amides is 1. The predicted octanol–water partition coefficient (Wildman–Crippen LogP) is 3.39. The Bertz CT molecular complexity index is 800. The molecule has 9 heteroatoms. The molecule has 1 amide bonds. The van der Waals surface area contributed by atoms with Crippen LogP contribution in [0.25, 0.3) is 0 Å². The smallest absolute Gasteiger partial charge is 0.354 e. The van der Waals surface area contributed by atoms with Crippen molar-refractivity contribution in [3.05, 3.63) is 54.0 Å². The van der Waals surface area contributed by atoms with Gasteiger partial charge in [0.05, 0.1) is 11.6 Å². The standard InChI is InChI=1S/C19H20F4N4O/c1-13(18(28)25-16-5-3-15(20)4-6-16)26-8-10-27(11-9-26)17-7-2-14(12-24-17)19(21,22)23/h2-7,12-13H,8-11H2,1H3,(H,25,28)/t13-/m0/s1. The second-order valence-corrected chi connectivity index (χ2v) is 6.60. The second-order valence-electron chi connectivity index (χ2n) is 6.60. The summed E-state index contributed by atoms with van der Waals surface area (Å²) in [4.78, 5) is 20.2. The number of benzene rings is 1. The second kappa shape index (κ2) is 8.14. The number of pyridine rings is 1. The molecule has 0 bridgehead atoms. The Hall–Kier alpha value is -2.68. The van der Waals surface area contributed by atoms with Crippen molar-refractivity contribution in [3.8, 4) is 0 Å². The van der Waals surface area contributed by atoms with E-state index in [4.69, 9.17) is 0 Å². The number of nitrogens with one attached hydrogen (secondary N) is 1. The Morgan fingerprint density at radius 3 is 2.25 bits per heavy atom. The molecule has 2 heterocycles. The monoisotopic (exact) mass is 396 g/mol. The predicted molar refractivity (Wildman–Crippen MR) is 97.5 cm³/mol. The molecule has 1 N–H and O–H groups in total. The third-order valence-electron chi connectivity index (χ3n) is 4.75. The molecule has 0 radical (unpaired) electrons. The zero-order chi connectivity index (χ0) is 20.3. The minimum absolute atomic E-state index is 0.201. The maximum absolute atomic E-state index is 12.9. The van der Waals surface area contributed by atoms with Gasteiger partial charge < -0.3 is 10.2 Å². The van der Waals surface area contributed by atoms with Crippen LogP contribution in [0.3, 0.4) is 0 Å². The van der Waals surface area contributed by atoms with Crippen LogP contribution in [0.1, 0.15) is 12.5 Å². The Kier molecular flexibility index (Phi) is 5.83. The van der Waals surface area contributed by atoms with Gasteiger partial charge in [0.1, 0.15) is 11.6 Å². The number of rotatable bonds is 4. The number of anilines is 2. The first-order valence-electron chi connectivity index (χ1n) is 8.83. The third-order valence-corrected chi connectivity index (χ3v) is 4.75. The van der Waals surface area contributed by atoms with Crippen LogP contribution in [0, 0.1) is 5.82 Å². The van der Waals surface area contributed by atoms with Gasteiger partial charge in [0.25, 0.3) is 0 Å². The molecule has 0 aliphatic carbocycles. The number of nitrogens with zero attached hydrogens (tertiary/aromatic N) is 3. The Balaban J connectivity index is 1.54. The van der Waals surface area contributed by atoms with Crippen molar-refractivity contribution < 1.29 is 22.4 Å². The average Bonchev–Trinajstić information content (AvgIpc) is 2.69. The summed E-state index contributed by atoms with van der Waals surface area (Å²) in [5, 5.41) is 2.75. The summed E-state index contributed by atoms with van der Waals surface area (Å²) in [5.74, 6) is -0.0946. The molecule has 5 nitrogen and oxygen atoms in total. The highest BCUT2D eigenvalue weighted by molar-refractivity contribution is 5.94. The Morgan fingerprint density at radius 2 is 1.71 bits per heavy atom. The average molecular weight is 396 g/mol. The van der Waals surface area contributed by atoms with E-state index in [1.807, 2.05) is 9.80 Å². The molecule has 1 aromatic carbocycles. The van der Waals surface area contributed by atoms with Gasteiger partial charge in [-0.15, -0.1) is 0 Å². The van der Waals surface area contributed by atoms with Crippen molar-refractivity contribution >= 4 is 17.4 Å². The minimum atomic E-state index is -4.41. The van der Waals surface area contributed by atoms with Gasteiger partial charge in [-0.25, -0.2) is 9.37 Å². The van der Waals surface area contributed by atoms with Crippen molar-refractivity contribution in [2.24, 2.45) is 0 Å². The Labute approximate surface area is 160 Å². The number of hydrogen-bond acceptors (Lipinski definition) is 4. The number of halogens is 4. The molecule has 0 spiro atoms. The van der Waals surface area contributed by atoms with Gasteiger partial charge in [-0.2, -0.15) is 13.2 Å². The van der Waals surface area contributed by atoms with E-state index in [0.29, 0.717) is 37.7 Å². The highest BCUT2D eigenvalue weighted by atomic mass is 19.4. The summed E-state index contributed by atoms with van der Waals surface area (Å²) < 4.78 is 50.9. The van der Waals surface area contributed by atoms with Gasteiger partial charge in [-0.3, -0.25) is 9.69 Å². The molecular weight excluding hydrogens is 376 g/mol. The summed E-state index contributed by atoms with van der Waals surface area (Å²) in [5.41, 5.74) is -0.258. The van der Waals surface area contributed by atoms with Crippen LogP contribution in [-0.4, -0.2) is 48.0 Å². The largest absolute Gasteiger partial charge is 0.417 e. The lowest BCUT2D eigenvalue weighted by Crippen LogP contribution is -2.53. The summed E-state index contributed by atoms with van der Waals surface area (Å²) in [6.07, 6.45) is -3.57. The summed E-state index contributed by atoms with van der Waals surface area (Å²) in [7, 11) is 0.